The predicted molar refractivity (Wildman–Crippen MR) is 65.4 cm³/mol. The van der Waals surface area contributed by atoms with E-state index in [2.05, 4.69) is 21.8 Å². The van der Waals surface area contributed by atoms with Crippen molar-refractivity contribution < 1.29 is 4.74 Å². The quantitative estimate of drug-likeness (QED) is 0.687. The Hall–Kier alpha value is -0.870. The molecule has 1 rings (SSSR count). The van der Waals surface area contributed by atoms with E-state index in [1.807, 2.05) is 26.4 Å². The monoisotopic (exact) mass is 225 g/mol. The van der Waals surface area contributed by atoms with Gasteiger partial charge in [-0.15, -0.1) is 0 Å². The van der Waals surface area contributed by atoms with E-state index < -0.39 is 0 Å². The highest BCUT2D eigenvalue weighted by molar-refractivity contribution is 4.98. The summed E-state index contributed by atoms with van der Waals surface area (Å²) in [5.41, 5.74) is 0. The van der Waals surface area contributed by atoms with Crippen molar-refractivity contribution in [2.75, 3.05) is 19.8 Å². The molecule has 0 spiro atoms. The van der Waals surface area contributed by atoms with Crippen LogP contribution in [0.3, 0.4) is 0 Å². The highest BCUT2D eigenvalue weighted by Gasteiger charge is 2.14. The first-order valence-electron chi connectivity index (χ1n) is 6.07. The molecule has 0 aliphatic rings. The zero-order chi connectivity index (χ0) is 11.8. The first-order valence-corrected chi connectivity index (χ1v) is 6.07. The third-order valence-corrected chi connectivity index (χ3v) is 2.57. The fourth-order valence-corrected chi connectivity index (χ4v) is 1.70. The number of nitrogens with one attached hydrogen (secondary N) is 1. The molecule has 0 saturated carbocycles. The zero-order valence-electron chi connectivity index (χ0n) is 10.6. The molecule has 0 saturated heterocycles. The lowest BCUT2D eigenvalue weighted by molar-refractivity contribution is 0.135. The molecular formula is C12H23N3O. The second-order valence-electron chi connectivity index (χ2n) is 3.89. The van der Waals surface area contributed by atoms with Crippen LogP contribution in [-0.2, 0) is 11.8 Å². The fourth-order valence-electron chi connectivity index (χ4n) is 1.70. The van der Waals surface area contributed by atoms with E-state index in [-0.39, 0.29) is 0 Å². The van der Waals surface area contributed by atoms with Gasteiger partial charge in [0.25, 0.3) is 0 Å². The Labute approximate surface area is 98.0 Å². The van der Waals surface area contributed by atoms with Crippen molar-refractivity contribution in [1.82, 2.24) is 14.9 Å². The summed E-state index contributed by atoms with van der Waals surface area (Å²) in [5, 5.41) is 3.51. The molecule has 1 heterocycles. The zero-order valence-corrected chi connectivity index (χ0v) is 10.6. The molecule has 16 heavy (non-hydrogen) atoms. The maximum Gasteiger partial charge on any atom is 0.125 e. The molecule has 1 aromatic rings. The number of aromatic nitrogens is 2. The summed E-state index contributed by atoms with van der Waals surface area (Å²) in [7, 11) is 2.03. The average Bonchev–Trinajstić information content (AvgIpc) is 2.70. The van der Waals surface area contributed by atoms with E-state index in [0.717, 1.165) is 38.4 Å². The molecule has 0 aromatic carbocycles. The Morgan fingerprint density at radius 1 is 1.50 bits per heavy atom. The normalized spacial score (nSPS) is 12.9. The number of imidazole rings is 1. The first kappa shape index (κ1) is 13.2. The van der Waals surface area contributed by atoms with Gasteiger partial charge in [0.05, 0.1) is 6.04 Å². The minimum atomic E-state index is 0.298. The smallest absolute Gasteiger partial charge is 0.125 e. The van der Waals surface area contributed by atoms with Gasteiger partial charge in [-0.3, -0.25) is 0 Å². The Morgan fingerprint density at radius 3 is 2.88 bits per heavy atom. The summed E-state index contributed by atoms with van der Waals surface area (Å²) < 4.78 is 7.47. The van der Waals surface area contributed by atoms with Crippen molar-refractivity contribution in [3.8, 4) is 0 Å². The van der Waals surface area contributed by atoms with Gasteiger partial charge in [0, 0.05) is 32.7 Å². The van der Waals surface area contributed by atoms with E-state index in [1.165, 1.54) is 0 Å². The van der Waals surface area contributed by atoms with Crippen LogP contribution in [0.1, 0.15) is 38.6 Å². The van der Waals surface area contributed by atoms with Gasteiger partial charge in [0.2, 0.25) is 0 Å². The van der Waals surface area contributed by atoms with Gasteiger partial charge in [0.15, 0.2) is 0 Å². The molecule has 0 aliphatic carbocycles. The molecule has 1 aromatic heterocycles. The maximum absolute atomic E-state index is 5.40. The Balaban J connectivity index is 2.53. The van der Waals surface area contributed by atoms with Gasteiger partial charge in [-0.05, 0) is 26.3 Å². The molecule has 0 radical (unpaired) electrons. The van der Waals surface area contributed by atoms with E-state index in [4.69, 9.17) is 4.74 Å². The summed E-state index contributed by atoms with van der Waals surface area (Å²) >= 11 is 0. The van der Waals surface area contributed by atoms with Crippen LogP contribution in [0.15, 0.2) is 12.4 Å². The lowest BCUT2D eigenvalue weighted by Crippen LogP contribution is -2.26. The van der Waals surface area contributed by atoms with Crippen molar-refractivity contribution in [2.24, 2.45) is 7.05 Å². The van der Waals surface area contributed by atoms with Crippen molar-refractivity contribution in [3.05, 3.63) is 18.2 Å². The number of nitrogens with zero attached hydrogens (tertiary/aromatic N) is 2. The van der Waals surface area contributed by atoms with Crippen molar-refractivity contribution in [3.63, 3.8) is 0 Å². The average molecular weight is 225 g/mol. The lowest BCUT2D eigenvalue weighted by atomic mass is 10.2. The van der Waals surface area contributed by atoms with Crippen LogP contribution >= 0.6 is 0 Å². The largest absolute Gasteiger partial charge is 0.382 e. The summed E-state index contributed by atoms with van der Waals surface area (Å²) in [6.07, 6.45) is 5.93. The highest BCUT2D eigenvalue weighted by atomic mass is 16.5. The molecule has 1 N–H and O–H groups in total. The van der Waals surface area contributed by atoms with Gasteiger partial charge in [0.1, 0.15) is 5.82 Å². The van der Waals surface area contributed by atoms with E-state index in [9.17, 15) is 0 Å². The van der Waals surface area contributed by atoms with E-state index >= 15 is 0 Å². The third kappa shape index (κ3) is 3.94. The van der Waals surface area contributed by atoms with Gasteiger partial charge in [-0.1, -0.05) is 6.92 Å². The SMILES string of the molecule is CCCNC(CCOCC)c1nccn1C. The predicted octanol–water partition coefficient (Wildman–Crippen LogP) is 1.89. The molecule has 4 heteroatoms. The summed E-state index contributed by atoms with van der Waals surface area (Å²) in [5.74, 6) is 1.09. The minimum Gasteiger partial charge on any atom is -0.382 e. The van der Waals surface area contributed by atoms with Crippen LogP contribution in [0.2, 0.25) is 0 Å². The van der Waals surface area contributed by atoms with Crippen molar-refractivity contribution in [2.45, 2.75) is 32.7 Å². The third-order valence-electron chi connectivity index (χ3n) is 2.57. The summed E-state index contributed by atoms with van der Waals surface area (Å²) in [6.45, 7) is 6.77. The molecule has 0 fully saturated rings. The van der Waals surface area contributed by atoms with Gasteiger partial charge < -0.3 is 14.6 Å². The van der Waals surface area contributed by atoms with Crippen LogP contribution < -0.4 is 5.32 Å². The molecule has 4 nitrogen and oxygen atoms in total. The van der Waals surface area contributed by atoms with Crippen molar-refractivity contribution in [1.29, 1.82) is 0 Å². The molecular weight excluding hydrogens is 202 g/mol. The standard InChI is InChI=1S/C12H23N3O/c1-4-7-13-11(6-10-16-5-2)12-14-8-9-15(12)3/h8-9,11,13H,4-7,10H2,1-3H3. The number of rotatable bonds is 8. The highest BCUT2D eigenvalue weighted by Crippen LogP contribution is 2.14. The van der Waals surface area contributed by atoms with E-state index in [0.29, 0.717) is 6.04 Å². The Morgan fingerprint density at radius 2 is 2.31 bits per heavy atom. The molecule has 1 unspecified atom stereocenters. The van der Waals surface area contributed by atoms with Crippen LogP contribution in [0, 0.1) is 0 Å². The van der Waals surface area contributed by atoms with Gasteiger partial charge >= 0.3 is 0 Å². The second-order valence-corrected chi connectivity index (χ2v) is 3.89. The fraction of sp³-hybridized carbons (Fsp3) is 0.750. The summed E-state index contributed by atoms with van der Waals surface area (Å²) in [4.78, 5) is 4.39. The number of hydrogen-bond acceptors (Lipinski definition) is 3. The van der Waals surface area contributed by atoms with Crippen LogP contribution in [0.5, 0.6) is 0 Å². The molecule has 1 atom stereocenters. The molecule has 0 aliphatic heterocycles. The van der Waals surface area contributed by atoms with Gasteiger partial charge in [-0.25, -0.2) is 4.98 Å². The maximum atomic E-state index is 5.40. The van der Waals surface area contributed by atoms with Crippen molar-refractivity contribution >= 4 is 0 Å². The number of aryl methyl sites for hydroxylation is 1. The van der Waals surface area contributed by atoms with Crippen LogP contribution in [0.25, 0.3) is 0 Å². The summed E-state index contributed by atoms with van der Waals surface area (Å²) in [6, 6.07) is 0.298. The first-order chi connectivity index (χ1) is 7.79. The second kappa shape index (κ2) is 7.41. The molecule has 0 bridgehead atoms. The minimum absolute atomic E-state index is 0.298. The van der Waals surface area contributed by atoms with E-state index in [1.54, 1.807) is 0 Å². The molecule has 92 valence electrons. The van der Waals surface area contributed by atoms with Gasteiger partial charge in [-0.2, -0.15) is 0 Å². The van der Waals surface area contributed by atoms with Crippen LogP contribution in [-0.4, -0.2) is 29.3 Å². The number of ether oxygens (including phenoxy) is 1. The Kier molecular flexibility index (Phi) is 6.11. The molecule has 0 amide bonds. The Bertz CT molecular complexity index is 286. The van der Waals surface area contributed by atoms with Crippen LogP contribution in [0.4, 0.5) is 0 Å². The lowest BCUT2D eigenvalue weighted by Gasteiger charge is -2.18. The number of hydrogen-bond donors (Lipinski definition) is 1. The topological polar surface area (TPSA) is 39.1 Å².